The van der Waals surface area contributed by atoms with Crippen LogP contribution in [0.1, 0.15) is 19.8 Å². The van der Waals surface area contributed by atoms with E-state index in [0.29, 0.717) is 6.61 Å². The monoisotopic (exact) mass is 248 g/mol. The predicted molar refractivity (Wildman–Crippen MR) is 55.5 cm³/mol. The number of esters is 2. The number of hydrogen-bond donors (Lipinski definition) is 0. The molecule has 16 heavy (non-hydrogen) atoms. The second-order valence-electron chi connectivity index (χ2n) is 3.41. The molecule has 0 aromatic heterocycles. The Morgan fingerprint density at radius 1 is 1.38 bits per heavy atom. The molecule has 0 bridgehead atoms. The molecule has 7 heteroatoms. The molecule has 1 fully saturated rings. The van der Waals surface area contributed by atoms with Gasteiger partial charge in [-0.15, -0.1) is 0 Å². The molecule has 0 spiro atoms. The molecule has 1 aliphatic heterocycles. The number of ether oxygens (including phenoxy) is 1. The van der Waals surface area contributed by atoms with Gasteiger partial charge in [0.25, 0.3) is 0 Å². The lowest BCUT2D eigenvalue weighted by molar-refractivity contribution is -0.152. The van der Waals surface area contributed by atoms with Gasteiger partial charge >= 0.3 is 20.7 Å². The molecule has 92 valence electrons. The summed E-state index contributed by atoms with van der Waals surface area (Å²) in [4.78, 5) is 22.5. The van der Waals surface area contributed by atoms with Gasteiger partial charge in [-0.1, -0.05) is 6.92 Å². The summed E-state index contributed by atoms with van der Waals surface area (Å²) in [6.45, 7) is 2.36. The Morgan fingerprint density at radius 2 is 2.00 bits per heavy atom. The van der Waals surface area contributed by atoms with Gasteiger partial charge in [0.1, 0.15) is 5.54 Å². The van der Waals surface area contributed by atoms with Crippen molar-refractivity contribution in [3.63, 3.8) is 0 Å². The highest BCUT2D eigenvalue weighted by molar-refractivity contribution is 6.67. The number of carbonyl (C=O) groups is 2. The van der Waals surface area contributed by atoms with Gasteiger partial charge < -0.3 is 18.0 Å². The van der Waals surface area contributed by atoms with E-state index < -0.39 is 26.3 Å². The van der Waals surface area contributed by atoms with Crippen LogP contribution in [0.4, 0.5) is 0 Å². The van der Waals surface area contributed by atoms with Crippen LogP contribution in [-0.4, -0.2) is 41.6 Å². The molecule has 1 aliphatic rings. The molecule has 1 saturated heterocycles. The summed E-state index contributed by atoms with van der Waals surface area (Å²) in [6, 6.07) is 0. The standard InChI is InChI=1S/C9H16O6Si/c1-4-5-14-16(12-2,13-3)7-6-8(10)15-9(7)11/h7H,4-6H2,1-3H3. The minimum atomic E-state index is -3.13. The number of rotatable bonds is 6. The van der Waals surface area contributed by atoms with Crippen molar-refractivity contribution in [3.8, 4) is 0 Å². The first-order valence-corrected chi connectivity index (χ1v) is 6.88. The van der Waals surface area contributed by atoms with Gasteiger partial charge in [0.15, 0.2) is 0 Å². The maximum atomic E-state index is 11.5. The van der Waals surface area contributed by atoms with Crippen molar-refractivity contribution < 1.29 is 27.6 Å². The first-order chi connectivity index (χ1) is 7.59. The second-order valence-corrected chi connectivity index (χ2v) is 6.42. The first-order valence-electron chi connectivity index (χ1n) is 5.08. The van der Waals surface area contributed by atoms with E-state index in [9.17, 15) is 9.59 Å². The Morgan fingerprint density at radius 3 is 2.38 bits per heavy atom. The molecule has 0 saturated carbocycles. The van der Waals surface area contributed by atoms with Gasteiger partial charge in [0.2, 0.25) is 0 Å². The van der Waals surface area contributed by atoms with E-state index in [1.807, 2.05) is 6.92 Å². The summed E-state index contributed by atoms with van der Waals surface area (Å²) in [5.74, 6) is -1.17. The van der Waals surface area contributed by atoms with Crippen LogP contribution >= 0.6 is 0 Å². The molecule has 1 unspecified atom stereocenters. The molecule has 6 nitrogen and oxygen atoms in total. The zero-order valence-electron chi connectivity index (χ0n) is 9.65. The maximum absolute atomic E-state index is 11.5. The largest absolute Gasteiger partial charge is 0.515 e. The lowest BCUT2D eigenvalue weighted by atomic mass is 10.3. The molecule has 0 radical (unpaired) electrons. The molecular weight excluding hydrogens is 232 g/mol. The topological polar surface area (TPSA) is 71.1 Å². The van der Waals surface area contributed by atoms with Crippen molar-refractivity contribution in [2.45, 2.75) is 25.3 Å². The van der Waals surface area contributed by atoms with Crippen molar-refractivity contribution in [1.82, 2.24) is 0 Å². The van der Waals surface area contributed by atoms with Crippen molar-refractivity contribution in [2.24, 2.45) is 0 Å². The van der Waals surface area contributed by atoms with E-state index in [2.05, 4.69) is 4.74 Å². The van der Waals surface area contributed by atoms with Gasteiger partial charge in [0.05, 0.1) is 6.42 Å². The highest BCUT2D eigenvalue weighted by atomic mass is 28.4. The molecule has 0 aromatic rings. The summed E-state index contributed by atoms with van der Waals surface area (Å²) in [5, 5.41) is 0. The van der Waals surface area contributed by atoms with E-state index in [1.54, 1.807) is 0 Å². The van der Waals surface area contributed by atoms with Gasteiger partial charge in [-0.3, -0.25) is 9.59 Å². The van der Waals surface area contributed by atoms with Crippen LogP contribution < -0.4 is 0 Å². The third-order valence-corrected chi connectivity index (χ3v) is 5.41. The quantitative estimate of drug-likeness (QED) is 0.387. The van der Waals surface area contributed by atoms with Gasteiger partial charge in [-0.05, 0) is 6.42 Å². The SMILES string of the molecule is CCCO[Si](OC)(OC)C1CC(=O)OC1=O. The maximum Gasteiger partial charge on any atom is 0.515 e. The van der Waals surface area contributed by atoms with Gasteiger partial charge in [-0.25, -0.2) is 0 Å². The van der Waals surface area contributed by atoms with E-state index in [-0.39, 0.29) is 6.42 Å². The molecular formula is C9H16O6Si. The zero-order valence-corrected chi connectivity index (χ0v) is 10.6. The van der Waals surface area contributed by atoms with Crippen molar-refractivity contribution in [2.75, 3.05) is 20.8 Å². The zero-order chi connectivity index (χ0) is 12.2. The molecule has 0 aromatic carbocycles. The molecule has 1 atom stereocenters. The highest BCUT2D eigenvalue weighted by Gasteiger charge is 2.57. The van der Waals surface area contributed by atoms with Crippen LogP contribution in [0.25, 0.3) is 0 Å². The average molecular weight is 248 g/mol. The van der Waals surface area contributed by atoms with Crippen LogP contribution in [0, 0.1) is 0 Å². The molecule has 1 heterocycles. The van der Waals surface area contributed by atoms with Crippen LogP contribution in [0.2, 0.25) is 5.54 Å². The van der Waals surface area contributed by atoms with E-state index >= 15 is 0 Å². The van der Waals surface area contributed by atoms with Crippen LogP contribution in [0.15, 0.2) is 0 Å². The fraction of sp³-hybridized carbons (Fsp3) is 0.778. The van der Waals surface area contributed by atoms with Crippen molar-refractivity contribution in [3.05, 3.63) is 0 Å². The van der Waals surface area contributed by atoms with Crippen molar-refractivity contribution >= 4 is 20.7 Å². The second kappa shape index (κ2) is 5.53. The Hall–Kier alpha value is -0.763. The Bertz CT molecular complexity index is 275. The van der Waals surface area contributed by atoms with E-state index in [4.69, 9.17) is 13.3 Å². The fourth-order valence-electron chi connectivity index (χ4n) is 1.57. The summed E-state index contributed by atoms with van der Waals surface area (Å²) in [5.41, 5.74) is -0.735. The molecule has 0 N–H and O–H groups in total. The Kier molecular flexibility index (Phi) is 4.60. The molecule has 0 aliphatic carbocycles. The molecule has 1 rings (SSSR count). The predicted octanol–water partition coefficient (Wildman–Crippen LogP) is 0.488. The summed E-state index contributed by atoms with van der Waals surface area (Å²) >= 11 is 0. The minimum absolute atomic E-state index is 0.0313. The number of cyclic esters (lactones) is 2. The van der Waals surface area contributed by atoms with Gasteiger partial charge in [-0.2, -0.15) is 0 Å². The van der Waals surface area contributed by atoms with E-state index in [1.165, 1.54) is 14.2 Å². The summed E-state index contributed by atoms with van der Waals surface area (Å²) in [6.07, 6.45) is 0.744. The summed E-state index contributed by atoms with van der Waals surface area (Å²) < 4.78 is 20.5. The van der Waals surface area contributed by atoms with E-state index in [0.717, 1.165) is 6.42 Å². The normalized spacial score (nSPS) is 21.3. The van der Waals surface area contributed by atoms with Crippen LogP contribution in [0.5, 0.6) is 0 Å². The number of hydrogen-bond acceptors (Lipinski definition) is 6. The fourth-order valence-corrected chi connectivity index (χ4v) is 4.00. The van der Waals surface area contributed by atoms with Crippen LogP contribution in [0.3, 0.4) is 0 Å². The average Bonchev–Trinajstić information content (AvgIpc) is 2.61. The smallest absolute Gasteiger partial charge is 0.393 e. The lowest BCUT2D eigenvalue weighted by Crippen LogP contribution is -2.50. The Balaban J connectivity index is 2.83. The first kappa shape index (κ1) is 13.3. The Labute approximate surface area is 95.2 Å². The third-order valence-electron chi connectivity index (χ3n) is 2.37. The van der Waals surface area contributed by atoms with Crippen molar-refractivity contribution in [1.29, 1.82) is 0 Å². The lowest BCUT2D eigenvalue weighted by Gasteiger charge is -2.28. The number of carbonyl (C=O) groups excluding carboxylic acids is 2. The summed E-state index contributed by atoms with van der Waals surface area (Å²) in [7, 11) is -0.295. The van der Waals surface area contributed by atoms with Gasteiger partial charge in [0, 0.05) is 20.8 Å². The third kappa shape index (κ3) is 2.49. The minimum Gasteiger partial charge on any atom is -0.393 e. The molecule has 0 amide bonds. The highest BCUT2D eigenvalue weighted by Crippen LogP contribution is 2.34. The van der Waals surface area contributed by atoms with Crippen LogP contribution in [-0.2, 0) is 27.6 Å².